The highest BCUT2D eigenvalue weighted by Crippen LogP contribution is 2.45. The van der Waals surface area contributed by atoms with Gasteiger partial charge >= 0.3 is 0 Å². The van der Waals surface area contributed by atoms with Crippen molar-refractivity contribution in [3.63, 3.8) is 0 Å². The summed E-state index contributed by atoms with van der Waals surface area (Å²) in [5, 5.41) is 12.6. The fourth-order valence-corrected chi connectivity index (χ4v) is 5.22. The molecule has 1 fully saturated rings. The lowest BCUT2D eigenvalue weighted by molar-refractivity contribution is 0.0674. The number of allylic oxidation sites excluding steroid dienone is 1. The van der Waals surface area contributed by atoms with Gasteiger partial charge in [-0.05, 0) is 73.2 Å². The van der Waals surface area contributed by atoms with E-state index < -0.39 is 0 Å². The third-order valence-corrected chi connectivity index (χ3v) is 7.16. The molecule has 1 aliphatic carbocycles. The quantitative estimate of drug-likeness (QED) is 0.367. The Morgan fingerprint density at radius 3 is 2.38 bits per heavy atom. The first-order chi connectivity index (χ1) is 16.4. The second-order valence-corrected chi connectivity index (χ2v) is 9.81. The second kappa shape index (κ2) is 9.57. The molecule has 1 aromatic heterocycles. The Hall–Kier alpha value is -2.60. The Bertz CT molecular complexity index is 1280. The van der Waals surface area contributed by atoms with E-state index in [0.717, 1.165) is 41.7 Å². The molecule has 2 heterocycles. The minimum absolute atomic E-state index is 0.0736. The summed E-state index contributed by atoms with van der Waals surface area (Å²) in [7, 11) is 0. The summed E-state index contributed by atoms with van der Waals surface area (Å²) in [6.45, 7) is 2.57. The molecule has 0 spiro atoms. The van der Waals surface area contributed by atoms with Crippen molar-refractivity contribution in [3.05, 3.63) is 92.2 Å². The van der Waals surface area contributed by atoms with Gasteiger partial charge in [0.15, 0.2) is 5.69 Å². The van der Waals surface area contributed by atoms with Gasteiger partial charge < -0.3 is 0 Å². The predicted molar refractivity (Wildman–Crippen MR) is 137 cm³/mol. The lowest BCUT2D eigenvalue weighted by Gasteiger charge is -2.29. The SMILES string of the molecule is CCn1cc(Cl)c(C(=O)N2N=C3/C(=C/c4ccc(Cl)cc4)CCC[C@@H]3[C@@H]2c2ccc(Cl)cc2)n1. The summed E-state index contributed by atoms with van der Waals surface area (Å²) in [5.74, 6) is -0.227. The van der Waals surface area contributed by atoms with Gasteiger partial charge in [0, 0.05) is 28.7 Å². The second-order valence-electron chi connectivity index (χ2n) is 8.53. The van der Waals surface area contributed by atoms with E-state index in [1.807, 2.05) is 55.5 Å². The molecule has 0 saturated heterocycles. The zero-order valence-electron chi connectivity index (χ0n) is 18.6. The molecule has 3 aromatic rings. The van der Waals surface area contributed by atoms with Crippen LogP contribution in [0.3, 0.4) is 0 Å². The van der Waals surface area contributed by atoms with E-state index in [1.165, 1.54) is 0 Å². The number of aromatic nitrogens is 2. The van der Waals surface area contributed by atoms with Gasteiger partial charge in [-0.3, -0.25) is 9.48 Å². The van der Waals surface area contributed by atoms with Gasteiger partial charge in [-0.2, -0.15) is 10.2 Å². The number of nitrogens with zero attached hydrogens (tertiary/aromatic N) is 4. The van der Waals surface area contributed by atoms with Crippen molar-refractivity contribution in [3.8, 4) is 0 Å². The van der Waals surface area contributed by atoms with Crippen LogP contribution in [0.2, 0.25) is 15.1 Å². The molecule has 0 unspecified atom stereocenters. The Balaban J connectivity index is 1.58. The third-order valence-electron chi connectivity index (χ3n) is 6.38. The first-order valence-electron chi connectivity index (χ1n) is 11.3. The summed E-state index contributed by atoms with van der Waals surface area (Å²) < 4.78 is 1.66. The molecule has 1 aliphatic heterocycles. The average molecular weight is 514 g/mol. The standard InChI is InChI=1S/C26H23Cl3N4O/c1-2-32-15-22(29)24(30-32)26(34)33-25(17-8-12-20(28)13-9-17)21-5-3-4-18(23(21)31-33)14-16-6-10-19(27)11-7-16/h6-15,21,25H,2-5H2,1H3/b18-14+/t21-,25-/m0/s1. The van der Waals surface area contributed by atoms with Crippen LogP contribution in [0.1, 0.15) is 53.8 Å². The number of aryl methyl sites for hydroxylation is 1. The van der Waals surface area contributed by atoms with E-state index >= 15 is 0 Å². The van der Waals surface area contributed by atoms with Crippen LogP contribution < -0.4 is 0 Å². The Morgan fingerprint density at radius 2 is 1.74 bits per heavy atom. The van der Waals surface area contributed by atoms with E-state index in [0.29, 0.717) is 21.6 Å². The smallest absolute Gasteiger partial charge is 0.271 e. The molecule has 2 atom stereocenters. The van der Waals surface area contributed by atoms with Crippen molar-refractivity contribution in [2.45, 2.75) is 38.8 Å². The van der Waals surface area contributed by atoms with Crippen LogP contribution in [0.15, 0.2) is 65.4 Å². The monoisotopic (exact) mass is 512 g/mol. The topological polar surface area (TPSA) is 50.5 Å². The van der Waals surface area contributed by atoms with Gasteiger partial charge in [0.1, 0.15) is 0 Å². The molecule has 0 radical (unpaired) electrons. The number of benzene rings is 2. The number of fused-ring (bicyclic) bond motifs is 1. The lowest BCUT2D eigenvalue weighted by Crippen LogP contribution is -2.32. The van der Waals surface area contributed by atoms with Crippen molar-refractivity contribution >= 4 is 52.5 Å². The summed E-state index contributed by atoms with van der Waals surface area (Å²) in [4.78, 5) is 13.7. The summed E-state index contributed by atoms with van der Waals surface area (Å²) in [6.07, 6.45) is 6.67. The zero-order chi connectivity index (χ0) is 23.8. The molecule has 8 heteroatoms. The van der Waals surface area contributed by atoms with Crippen molar-refractivity contribution in [1.29, 1.82) is 0 Å². The summed E-state index contributed by atoms with van der Waals surface area (Å²) in [5.41, 5.74) is 4.34. The van der Waals surface area contributed by atoms with Crippen molar-refractivity contribution < 1.29 is 4.79 Å². The fraction of sp³-hybridized carbons (Fsp3) is 0.269. The van der Waals surface area contributed by atoms with Crippen LogP contribution in [-0.2, 0) is 6.54 Å². The first-order valence-corrected chi connectivity index (χ1v) is 12.4. The van der Waals surface area contributed by atoms with Gasteiger partial charge in [0.2, 0.25) is 0 Å². The van der Waals surface area contributed by atoms with Gasteiger partial charge in [-0.25, -0.2) is 5.01 Å². The number of halogens is 3. The van der Waals surface area contributed by atoms with Crippen LogP contribution in [-0.4, -0.2) is 26.4 Å². The highest BCUT2D eigenvalue weighted by molar-refractivity contribution is 6.33. The Labute approximate surface area is 213 Å². The molecular weight excluding hydrogens is 491 g/mol. The largest absolute Gasteiger partial charge is 0.296 e. The van der Waals surface area contributed by atoms with Crippen LogP contribution >= 0.6 is 34.8 Å². The molecule has 1 saturated carbocycles. The minimum atomic E-state index is -0.301. The molecule has 174 valence electrons. The highest BCUT2D eigenvalue weighted by Gasteiger charge is 2.44. The van der Waals surface area contributed by atoms with Crippen LogP contribution in [0.4, 0.5) is 0 Å². The number of hydrogen-bond acceptors (Lipinski definition) is 3. The van der Waals surface area contributed by atoms with Gasteiger partial charge in [0.05, 0.1) is 16.8 Å². The normalized spacial score (nSPS) is 21.0. The molecular formula is C26H23Cl3N4O. The number of carbonyl (C=O) groups is 1. The Morgan fingerprint density at radius 1 is 1.06 bits per heavy atom. The van der Waals surface area contributed by atoms with E-state index in [-0.39, 0.29) is 23.6 Å². The lowest BCUT2D eigenvalue weighted by atomic mass is 9.77. The van der Waals surface area contributed by atoms with Crippen molar-refractivity contribution in [2.75, 3.05) is 0 Å². The molecule has 2 aliphatic rings. The van der Waals surface area contributed by atoms with Crippen LogP contribution in [0, 0.1) is 5.92 Å². The summed E-state index contributed by atoms with van der Waals surface area (Å²) >= 11 is 18.6. The zero-order valence-corrected chi connectivity index (χ0v) is 20.9. The van der Waals surface area contributed by atoms with Gasteiger partial charge in [0.25, 0.3) is 5.91 Å². The molecule has 2 aromatic carbocycles. The van der Waals surface area contributed by atoms with E-state index in [4.69, 9.17) is 39.9 Å². The molecule has 0 N–H and O–H groups in total. The fourth-order valence-electron chi connectivity index (χ4n) is 4.73. The molecule has 5 rings (SSSR count). The molecule has 0 bridgehead atoms. The molecule has 1 amide bonds. The summed E-state index contributed by atoms with van der Waals surface area (Å²) in [6, 6.07) is 15.1. The average Bonchev–Trinajstić information content (AvgIpc) is 3.42. The van der Waals surface area contributed by atoms with Crippen LogP contribution in [0.5, 0.6) is 0 Å². The van der Waals surface area contributed by atoms with Crippen LogP contribution in [0.25, 0.3) is 6.08 Å². The maximum Gasteiger partial charge on any atom is 0.296 e. The number of hydrogen-bond donors (Lipinski definition) is 0. The maximum absolute atomic E-state index is 13.7. The van der Waals surface area contributed by atoms with E-state index in [2.05, 4.69) is 11.2 Å². The maximum atomic E-state index is 13.7. The number of carbonyl (C=O) groups excluding carboxylic acids is 1. The molecule has 5 nitrogen and oxygen atoms in total. The Kier molecular flexibility index (Phi) is 6.52. The van der Waals surface area contributed by atoms with E-state index in [1.54, 1.807) is 15.9 Å². The number of rotatable bonds is 4. The van der Waals surface area contributed by atoms with Gasteiger partial charge in [-0.1, -0.05) is 59.1 Å². The third kappa shape index (κ3) is 4.40. The molecule has 34 heavy (non-hydrogen) atoms. The number of amides is 1. The first kappa shape index (κ1) is 23.2. The minimum Gasteiger partial charge on any atom is -0.271 e. The van der Waals surface area contributed by atoms with Crippen molar-refractivity contribution in [1.82, 2.24) is 14.8 Å². The van der Waals surface area contributed by atoms with Gasteiger partial charge in [-0.15, -0.1) is 0 Å². The number of hydrazone groups is 1. The predicted octanol–water partition coefficient (Wildman–Crippen LogP) is 7.30. The van der Waals surface area contributed by atoms with E-state index in [9.17, 15) is 4.79 Å². The highest BCUT2D eigenvalue weighted by atomic mass is 35.5. The van der Waals surface area contributed by atoms with Crippen molar-refractivity contribution in [2.24, 2.45) is 11.0 Å².